The minimum absolute atomic E-state index is 0.487. The van der Waals surface area contributed by atoms with Gasteiger partial charge in [0.05, 0.1) is 0 Å². The molecule has 0 N–H and O–H groups in total. The van der Waals surface area contributed by atoms with E-state index in [1.165, 1.54) is 28.7 Å². The Bertz CT molecular complexity index is 522. The van der Waals surface area contributed by atoms with Crippen LogP contribution in [-0.4, -0.2) is 25.0 Å². The van der Waals surface area contributed by atoms with Crippen molar-refractivity contribution in [3.05, 3.63) is 58.7 Å². The van der Waals surface area contributed by atoms with Crippen molar-refractivity contribution in [1.82, 2.24) is 4.90 Å². The van der Waals surface area contributed by atoms with Gasteiger partial charge in [0.1, 0.15) is 0 Å². The van der Waals surface area contributed by atoms with Gasteiger partial charge in [0, 0.05) is 12.0 Å². The van der Waals surface area contributed by atoms with Crippen LogP contribution in [0.2, 0.25) is 0 Å². The van der Waals surface area contributed by atoms with E-state index < -0.39 is 0 Å². The van der Waals surface area contributed by atoms with E-state index in [2.05, 4.69) is 76.2 Å². The van der Waals surface area contributed by atoms with Gasteiger partial charge in [0.15, 0.2) is 0 Å². The van der Waals surface area contributed by atoms with Crippen LogP contribution in [0.4, 0.5) is 0 Å². The fourth-order valence-corrected chi connectivity index (χ4v) is 2.91. The summed E-state index contributed by atoms with van der Waals surface area (Å²) in [6.45, 7) is 6.74. The standard InChI is InChI=1S/C19H27N/c1-14-12-15(2)19(13-14)18-9-7-6-8-17(18)11-10-16(3)20(4)5/h6-9,12-13,16,19H,10-11H2,1-5H3. The molecule has 20 heavy (non-hydrogen) atoms. The molecule has 0 saturated heterocycles. The molecule has 0 fully saturated rings. The number of nitrogens with zero attached hydrogens (tertiary/aromatic N) is 1. The molecule has 0 spiro atoms. The van der Waals surface area contributed by atoms with Gasteiger partial charge in [-0.1, -0.05) is 47.6 Å². The first-order valence-corrected chi connectivity index (χ1v) is 7.60. The maximum Gasteiger partial charge on any atom is 0.0237 e. The second kappa shape index (κ2) is 6.41. The minimum atomic E-state index is 0.487. The van der Waals surface area contributed by atoms with Crippen molar-refractivity contribution in [1.29, 1.82) is 0 Å². The number of rotatable bonds is 5. The summed E-state index contributed by atoms with van der Waals surface area (Å²) in [4.78, 5) is 2.30. The number of hydrogen-bond acceptors (Lipinski definition) is 1. The topological polar surface area (TPSA) is 3.24 Å². The molecule has 0 bridgehead atoms. The number of benzene rings is 1. The van der Waals surface area contributed by atoms with E-state index in [-0.39, 0.29) is 0 Å². The maximum atomic E-state index is 2.39. The van der Waals surface area contributed by atoms with Crippen molar-refractivity contribution in [2.45, 2.75) is 45.6 Å². The first-order valence-electron chi connectivity index (χ1n) is 7.60. The predicted molar refractivity (Wildman–Crippen MR) is 88.2 cm³/mol. The van der Waals surface area contributed by atoms with Crippen LogP contribution in [0, 0.1) is 0 Å². The third-order valence-electron chi connectivity index (χ3n) is 4.48. The summed E-state index contributed by atoms with van der Waals surface area (Å²) in [5, 5.41) is 0. The quantitative estimate of drug-likeness (QED) is 0.757. The molecule has 1 aromatic carbocycles. The van der Waals surface area contributed by atoms with Gasteiger partial charge < -0.3 is 4.90 Å². The first kappa shape index (κ1) is 15.1. The summed E-state index contributed by atoms with van der Waals surface area (Å²) < 4.78 is 0. The van der Waals surface area contributed by atoms with Gasteiger partial charge in [-0.25, -0.2) is 0 Å². The number of aryl methyl sites for hydroxylation is 1. The van der Waals surface area contributed by atoms with Crippen molar-refractivity contribution in [2.24, 2.45) is 0 Å². The smallest absolute Gasteiger partial charge is 0.0237 e. The zero-order valence-corrected chi connectivity index (χ0v) is 13.5. The maximum absolute atomic E-state index is 2.39. The fraction of sp³-hybridized carbons (Fsp3) is 0.474. The third-order valence-corrected chi connectivity index (χ3v) is 4.48. The zero-order valence-electron chi connectivity index (χ0n) is 13.5. The molecular weight excluding hydrogens is 242 g/mol. The average molecular weight is 269 g/mol. The molecule has 2 unspecified atom stereocenters. The molecular formula is C19H27N. The lowest BCUT2D eigenvalue weighted by Crippen LogP contribution is -2.25. The van der Waals surface area contributed by atoms with Crippen LogP contribution >= 0.6 is 0 Å². The molecule has 1 aromatic rings. The van der Waals surface area contributed by atoms with Crippen molar-refractivity contribution in [2.75, 3.05) is 14.1 Å². The molecule has 1 aliphatic carbocycles. The largest absolute Gasteiger partial charge is 0.307 e. The van der Waals surface area contributed by atoms with Crippen LogP contribution < -0.4 is 0 Å². The van der Waals surface area contributed by atoms with E-state index in [1.54, 1.807) is 0 Å². The van der Waals surface area contributed by atoms with E-state index in [0.717, 1.165) is 6.42 Å². The first-order chi connectivity index (χ1) is 9.49. The average Bonchev–Trinajstić information content (AvgIpc) is 2.75. The van der Waals surface area contributed by atoms with Gasteiger partial charge in [-0.2, -0.15) is 0 Å². The van der Waals surface area contributed by atoms with E-state index >= 15 is 0 Å². The van der Waals surface area contributed by atoms with Crippen LogP contribution in [0.25, 0.3) is 0 Å². The van der Waals surface area contributed by atoms with Crippen LogP contribution in [0.5, 0.6) is 0 Å². The Morgan fingerprint density at radius 1 is 1.15 bits per heavy atom. The van der Waals surface area contributed by atoms with E-state index in [0.29, 0.717) is 12.0 Å². The van der Waals surface area contributed by atoms with Crippen LogP contribution in [0.1, 0.15) is 44.2 Å². The van der Waals surface area contributed by atoms with Crippen LogP contribution in [0.15, 0.2) is 47.6 Å². The Labute approximate surface area is 124 Å². The highest BCUT2D eigenvalue weighted by Gasteiger charge is 2.18. The minimum Gasteiger partial charge on any atom is -0.307 e. The lowest BCUT2D eigenvalue weighted by atomic mass is 9.88. The molecule has 108 valence electrons. The Kier molecular flexibility index (Phi) is 4.82. The van der Waals surface area contributed by atoms with E-state index in [9.17, 15) is 0 Å². The van der Waals surface area contributed by atoms with Crippen molar-refractivity contribution in [3.8, 4) is 0 Å². The van der Waals surface area contributed by atoms with Gasteiger partial charge >= 0.3 is 0 Å². The normalized spacial score (nSPS) is 20.0. The fourth-order valence-electron chi connectivity index (χ4n) is 2.91. The summed E-state index contributed by atoms with van der Waals surface area (Å²) in [7, 11) is 4.32. The van der Waals surface area contributed by atoms with Gasteiger partial charge in [0.2, 0.25) is 0 Å². The summed E-state index contributed by atoms with van der Waals surface area (Å²) in [6.07, 6.45) is 7.07. The molecule has 0 heterocycles. The van der Waals surface area contributed by atoms with Gasteiger partial charge in [-0.05, 0) is 58.8 Å². The highest BCUT2D eigenvalue weighted by atomic mass is 15.1. The van der Waals surface area contributed by atoms with Crippen LogP contribution in [0.3, 0.4) is 0 Å². The Balaban J connectivity index is 2.17. The molecule has 0 aliphatic heterocycles. The Hall–Kier alpha value is -1.34. The molecule has 0 aromatic heterocycles. The lowest BCUT2D eigenvalue weighted by Gasteiger charge is -2.21. The van der Waals surface area contributed by atoms with Crippen molar-refractivity contribution in [3.63, 3.8) is 0 Å². The lowest BCUT2D eigenvalue weighted by molar-refractivity contribution is 0.299. The molecule has 1 nitrogen and oxygen atoms in total. The summed E-state index contributed by atoms with van der Waals surface area (Å²) in [6, 6.07) is 9.56. The number of allylic oxidation sites excluding steroid dienone is 4. The number of hydrogen-bond donors (Lipinski definition) is 0. The zero-order chi connectivity index (χ0) is 14.7. The highest BCUT2D eigenvalue weighted by Crippen LogP contribution is 2.35. The Morgan fingerprint density at radius 2 is 1.85 bits per heavy atom. The van der Waals surface area contributed by atoms with Crippen LogP contribution in [-0.2, 0) is 6.42 Å². The van der Waals surface area contributed by atoms with Crippen molar-refractivity contribution >= 4 is 0 Å². The second-order valence-corrected chi connectivity index (χ2v) is 6.33. The van der Waals surface area contributed by atoms with E-state index in [1.807, 2.05) is 0 Å². The van der Waals surface area contributed by atoms with Gasteiger partial charge in [-0.15, -0.1) is 0 Å². The summed E-state index contributed by atoms with van der Waals surface area (Å²) in [5.74, 6) is 0.487. The third kappa shape index (κ3) is 3.40. The van der Waals surface area contributed by atoms with Gasteiger partial charge in [0.25, 0.3) is 0 Å². The molecule has 1 heteroatoms. The van der Waals surface area contributed by atoms with E-state index in [4.69, 9.17) is 0 Å². The second-order valence-electron chi connectivity index (χ2n) is 6.33. The molecule has 1 aliphatic rings. The molecule has 2 atom stereocenters. The molecule has 0 amide bonds. The Morgan fingerprint density at radius 3 is 2.45 bits per heavy atom. The highest BCUT2D eigenvalue weighted by molar-refractivity contribution is 5.46. The predicted octanol–water partition coefficient (Wildman–Crippen LogP) is 4.56. The monoisotopic (exact) mass is 269 g/mol. The summed E-state index contributed by atoms with van der Waals surface area (Å²) >= 11 is 0. The molecule has 2 rings (SSSR count). The SMILES string of the molecule is CC1=CC(c2ccccc2CCC(C)N(C)C)C(C)=C1. The summed E-state index contributed by atoms with van der Waals surface area (Å²) in [5.41, 5.74) is 5.86. The molecule has 0 radical (unpaired) electrons. The molecule has 0 saturated carbocycles. The van der Waals surface area contributed by atoms with Gasteiger partial charge in [-0.3, -0.25) is 0 Å². The van der Waals surface area contributed by atoms with Crippen molar-refractivity contribution < 1.29 is 0 Å².